The fourth-order valence-corrected chi connectivity index (χ4v) is 3.61. The van der Waals surface area contributed by atoms with Gasteiger partial charge in [0.05, 0.1) is 0 Å². The summed E-state index contributed by atoms with van der Waals surface area (Å²) in [4.78, 5) is 11.3. The van der Waals surface area contributed by atoms with E-state index in [0.29, 0.717) is 18.7 Å². The second kappa shape index (κ2) is 14.8. The van der Waals surface area contributed by atoms with Crippen LogP contribution in [0.4, 0.5) is 0 Å². The van der Waals surface area contributed by atoms with E-state index in [0.717, 1.165) is 56.3 Å². The van der Waals surface area contributed by atoms with E-state index in [9.17, 15) is 0 Å². The molecule has 1 atom stereocenters. The van der Waals surface area contributed by atoms with E-state index < -0.39 is 0 Å². The molecule has 6 nitrogen and oxygen atoms in total. The number of ether oxygens (including phenoxy) is 1. The number of hydrogen-bond donors (Lipinski definition) is 2. The monoisotopic (exact) mass is 517 g/mol. The van der Waals surface area contributed by atoms with Crippen LogP contribution in [0.15, 0.2) is 23.3 Å². The average Bonchev–Trinajstić information content (AvgIpc) is 3.22. The number of rotatable bonds is 11. The molecule has 0 amide bonds. The van der Waals surface area contributed by atoms with Crippen molar-refractivity contribution in [3.8, 4) is 5.88 Å². The minimum absolute atomic E-state index is 0. The van der Waals surface area contributed by atoms with Crippen LogP contribution in [-0.4, -0.2) is 54.7 Å². The third-order valence-corrected chi connectivity index (χ3v) is 5.46. The molecule has 2 N–H and O–H groups in total. The highest BCUT2D eigenvalue weighted by atomic mass is 127. The number of aromatic nitrogens is 1. The number of hydrogen-bond acceptors (Lipinski definition) is 4. The number of nitrogens with zero attached hydrogens (tertiary/aromatic N) is 3. The molecule has 2 rings (SSSR count). The summed E-state index contributed by atoms with van der Waals surface area (Å²) in [6.07, 6.45) is 9.41. The van der Waals surface area contributed by atoms with Crippen molar-refractivity contribution in [2.75, 3.05) is 26.7 Å². The van der Waals surface area contributed by atoms with Gasteiger partial charge in [0.2, 0.25) is 5.88 Å². The average molecular weight is 518 g/mol. The first-order chi connectivity index (χ1) is 13.6. The lowest BCUT2D eigenvalue weighted by atomic mass is 10.2. The smallest absolute Gasteiger partial charge is 0.213 e. The molecule has 0 aliphatic heterocycles. The zero-order valence-corrected chi connectivity index (χ0v) is 20.9. The summed E-state index contributed by atoms with van der Waals surface area (Å²) in [6, 6.07) is 4.44. The molecule has 166 valence electrons. The lowest BCUT2D eigenvalue weighted by molar-refractivity contribution is 0.201. The molecular weight excluding hydrogens is 477 g/mol. The molecular formula is C22H40IN5O. The minimum Gasteiger partial charge on any atom is -0.474 e. The van der Waals surface area contributed by atoms with Gasteiger partial charge in [-0.3, -0.25) is 4.99 Å². The zero-order valence-electron chi connectivity index (χ0n) is 18.6. The van der Waals surface area contributed by atoms with E-state index in [4.69, 9.17) is 4.74 Å². The Morgan fingerprint density at radius 1 is 1.28 bits per heavy atom. The van der Waals surface area contributed by atoms with Gasteiger partial charge in [-0.05, 0) is 70.6 Å². The second-order valence-corrected chi connectivity index (χ2v) is 7.67. The van der Waals surface area contributed by atoms with Crippen LogP contribution in [0.2, 0.25) is 0 Å². The molecule has 1 aliphatic rings. The third kappa shape index (κ3) is 9.98. The van der Waals surface area contributed by atoms with Crippen molar-refractivity contribution in [2.45, 2.75) is 78.0 Å². The molecule has 1 aliphatic carbocycles. The fourth-order valence-electron chi connectivity index (χ4n) is 3.61. The maximum absolute atomic E-state index is 5.93. The Kier molecular flexibility index (Phi) is 13.3. The van der Waals surface area contributed by atoms with Gasteiger partial charge in [0.15, 0.2) is 5.96 Å². The Hall–Kier alpha value is -1.09. The van der Waals surface area contributed by atoms with E-state index in [1.54, 1.807) is 0 Å². The van der Waals surface area contributed by atoms with E-state index in [2.05, 4.69) is 52.3 Å². The lowest BCUT2D eigenvalue weighted by Crippen LogP contribution is -2.42. The van der Waals surface area contributed by atoms with Crippen LogP contribution in [0.3, 0.4) is 0 Å². The fraction of sp³-hybridized carbons (Fsp3) is 0.727. The third-order valence-electron chi connectivity index (χ3n) is 5.46. The Morgan fingerprint density at radius 2 is 2.00 bits per heavy atom. The van der Waals surface area contributed by atoms with Crippen LogP contribution >= 0.6 is 24.0 Å². The Labute approximate surface area is 194 Å². The molecule has 1 heterocycles. The highest BCUT2D eigenvalue weighted by Crippen LogP contribution is 2.22. The number of guanidine groups is 1. The molecule has 0 bridgehead atoms. The molecule has 1 aromatic rings. The van der Waals surface area contributed by atoms with Gasteiger partial charge in [0.1, 0.15) is 6.10 Å². The molecule has 1 saturated carbocycles. The quantitative estimate of drug-likeness (QED) is 0.262. The van der Waals surface area contributed by atoms with Gasteiger partial charge in [-0.1, -0.05) is 19.9 Å². The van der Waals surface area contributed by atoms with Gasteiger partial charge in [-0.2, -0.15) is 0 Å². The van der Waals surface area contributed by atoms with E-state index in [1.165, 1.54) is 19.3 Å². The van der Waals surface area contributed by atoms with Crippen LogP contribution in [0, 0.1) is 0 Å². The van der Waals surface area contributed by atoms with Crippen LogP contribution in [0.25, 0.3) is 0 Å². The first-order valence-electron chi connectivity index (χ1n) is 11.0. The number of nitrogens with one attached hydrogen (secondary N) is 2. The summed E-state index contributed by atoms with van der Waals surface area (Å²) in [7, 11) is 1.81. The number of aliphatic imine (C=N–C) groups is 1. The van der Waals surface area contributed by atoms with Crippen molar-refractivity contribution in [3.05, 3.63) is 23.9 Å². The van der Waals surface area contributed by atoms with Crippen molar-refractivity contribution >= 4 is 29.9 Å². The molecule has 1 unspecified atom stereocenters. The summed E-state index contributed by atoms with van der Waals surface area (Å²) in [6.45, 7) is 10.8. The van der Waals surface area contributed by atoms with Crippen LogP contribution in [0.1, 0.15) is 64.9 Å². The maximum atomic E-state index is 5.93. The SMILES string of the molecule is CCN(CC)CCCC(C)NC(=NC)NCc1ccc(OC2CCCC2)nc1.I. The highest BCUT2D eigenvalue weighted by Gasteiger charge is 2.16. The summed E-state index contributed by atoms with van der Waals surface area (Å²) in [5.74, 6) is 1.57. The maximum Gasteiger partial charge on any atom is 0.213 e. The normalized spacial score (nSPS) is 15.8. The van der Waals surface area contributed by atoms with Crippen molar-refractivity contribution in [3.63, 3.8) is 0 Å². The Bertz CT molecular complexity index is 571. The zero-order chi connectivity index (χ0) is 20.2. The van der Waals surface area contributed by atoms with Gasteiger partial charge >= 0.3 is 0 Å². The predicted octanol–water partition coefficient (Wildman–Crippen LogP) is 4.20. The van der Waals surface area contributed by atoms with Gasteiger partial charge < -0.3 is 20.3 Å². The van der Waals surface area contributed by atoms with Gasteiger partial charge in [0.25, 0.3) is 0 Å². The largest absolute Gasteiger partial charge is 0.474 e. The van der Waals surface area contributed by atoms with Crippen LogP contribution in [-0.2, 0) is 6.54 Å². The molecule has 0 saturated heterocycles. The summed E-state index contributed by atoms with van der Waals surface area (Å²) < 4.78 is 5.93. The van der Waals surface area contributed by atoms with Crippen LogP contribution in [0.5, 0.6) is 5.88 Å². The second-order valence-electron chi connectivity index (χ2n) is 7.67. The summed E-state index contributed by atoms with van der Waals surface area (Å²) in [5, 5.41) is 6.86. The summed E-state index contributed by atoms with van der Waals surface area (Å²) >= 11 is 0. The lowest BCUT2D eigenvalue weighted by Gasteiger charge is -2.21. The van der Waals surface area contributed by atoms with E-state index in [-0.39, 0.29) is 24.0 Å². The first kappa shape index (κ1) is 25.9. The molecule has 1 aromatic heterocycles. The number of halogens is 1. The van der Waals surface area contributed by atoms with Crippen LogP contribution < -0.4 is 15.4 Å². The molecule has 1 fully saturated rings. The van der Waals surface area contributed by atoms with Crippen molar-refractivity contribution in [1.82, 2.24) is 20.5 Å². The van der Waals surface area contributed by atoms with E-state index >= 15 is 0 Å². The van der Waals surface area contributed by atoms with E-state index in [1.807, 2.05) is 19.3 Å². The molecule has 0 aromatic carbocycles. The van der Waals surface area contributed by atoms with Crippen molar-refractivity contribution < 1.29 is 4.74 Å². The standard InChI is InChI=1S/C22H39N5O.HI/c1-5-27(6-2)15-9-10-18(3)26-22(23-4)25-17-19-13-14-21(24-16-19)28-20-11-7-8-12-20;/h13-14,16,18,20H,5-12,15,17H2,1-4H3,(H2,23,25,26);1H. The van der Waals surface area contributed by atoms with Gasteiger partial charge in [-0.15, -0.1) is 24.0 Å². The first-order valence-corrected chi connectivity index (χ1v) is 11.0. The molecule has 0 spiro atoms. The Morgan fingerprint density at radius 3 is 2.59 bits per heavy atom. The topological polar surface area (TPSA) is 61.8 Å². The molecule has 7 heteroatoms. The van der Waals surface area contributed by atoms with Gasteiger partial charge in [0, 0.05) is 31.9 Å². The predicted molar refractivity (Wildman–Crippen MR) is 132 cm³/mol. The minimum atomic E-state index is 0. The van der Waals surface area contributed by atoms with Crippen molar-refractivity contribution in [2.24, 2.45) is 4.99 Å². The Balaban J connectivity index is 0.00000420. The number of pyridine rings is 1. The highest BCUT2D eigenvalue weighted by molar-refractivity contribution is 14.0. The molecule has 0 radical (unpaired) electrons. The van der Waals surface area contributed by atoms with Crippen molar-refractivity contribution in [1.29, 1.82) is 0 Å². The summed E-state index contributed by atoms with van der Waals surface area (Å²) in [5.41, 5.74) is 1.12. The molecule has 29 heavy (non-hydrogen) atoms. The van der Waals surface area contributed by atoms with Gasteiger partial charge in [-0.25, -0.2) is 4.98 Å².